The molecule has 1 aromatic rings. The molecule has 1 aromatic heterocycles. The average Bonchev–Trinajstić information content (AvgIpc) is 2.52. The van der Waals surface area contributed by atoms with Crippen molar-refractivity contribution >= 4 is 0 Å². The van der Waals surface area contributed by atoms with Crippen molar-refractivity contribution in [2.24, 2.45) is 7.05 Å². The molecular weight excluding hydrogens is 214 g/mol. The highest BCUT2D eigenvalue weighted by Gasteiger charge is 2.15. The van der Waals surface area contributed by atoms with Gasteiger partial charge in [0.15, 0.2) is 0 Å². The highest BCUT2D eigenvalue weighted by Crippen LogP contribution is 2.15. The van der Waals surface area contributed by atoms with Crippen LogP contribution < -0.4 is 5.32 Å². The van der Waals surface area contributed by atoms with Crippen LogP contribution in [-0.2, 0) is 26.4 Å². The topological polar surface area (TPSA) is 50.1 Å². The van der Waals surface area contributed by atoms with Gasteiger partial charge in [0.2, 0.25) is 0 Å². The largest absolute Gasteiger partial charge is 0.389 e. The first-order valence-electron chi connectivity index (χ1n) is 6.35. The molecule has 1 rings (SSSR count). The molecule has 2 N–H and O–H groups in total. The zero-order valence-electron chi connectivity index (χ0n) is 11.7. The van der Waals surface area contributed by atoms with E-state index in [0.29, 0.717) is 6.54 Å². The molecule has 1 heterocycles. The summed E-state index contributed by atoms with van der Waals surface area (Å²) in [5, 5.41) is 17.5. The van der Waals surface area contributed by atoms with Crippen LogP contribution in [0.3, 0.4) is 0 Å². The van der Waals surface area contributed by atoms with Crippen molar-refractivity contribution in [2.75, 3.05) is 6.54 Å². The lowest BCUT2D eigenvalue weighted by molar-refractivity contribution is 0.0794. The van der Waals surface area contributed by atoms with Gasteiger partial charge in [0, 0.05) is 31.4 Å². The lowest BCUT2D eigenvalue weighted by Crippen LogP contribution is -2.34. The van der Waals surface area contributed by atoms with Crippen LogP contribution >= 0.6 is 0 Å². The Balaban J connectivity index is 2.75. The number of aryl methyl sites for hydroxylation is 2. The quantitative estimate of drug-likeness (QED) is 0.789. The van der Waals surface area contributed by atoms with Gasteiger partial charge in [-0.1, -0.05) is 13.8 Å². The first-order chi connectivity index (χ1) is 7.89. The highest BCUT2D eigenvalue weighted by molar-refractivity contribution is 5.26. The number of aromatic nitrogens is 2. The zero-order chi connectivity index (χ0) is 13.1. The summed E-state index contributed by atoms with van der Waals surface area (Å²) in [4.78, 5) is 0. The summed E-state index contributed by atoms with van der Waals surface area (Å²) >= 11 is 0. The minimum Gasteiger partial charge on any atom is -0.389 e. The number of nitrogens with zero attached hydrogens (tertiary/aromatic N) is 2. The third-order valence-electron chi connectivity index (χ3n) is 2.89. The Kier molecular flexibility index (Phi) is 4.71. The molecule has 0 fully saturated rings. The van der Waals surface area contributed by atoms with Crippen LogP contribution in [0.5, 0.6) is 0 Å². The second kappa shape index (κ2) is 5.65. The average molecular weight is 239 g/mol. The SMILES string of the molecule is CCc1nn(C)c(CC)c1CNCC(C)(C)O. The van der Waals surface area contributed by atoms with E-state index in [1.165, 1.54) is 11.3 Å². The van der Waals surface area contributed by atoms with E-state index in [4.69, 9.17) is 0 Å². The smallest absolute Gasteiger partial charge is 0.0715 e. The van der Waals surface area contributed by atoms with Gasteiger partial charge in [0.05, 0.1) is 11.3 Å². The van der Waals surface area contributed by atoms with E-state index in [-0.39, 0.29) is 0 Å². The fourth-order valence-corrected chi connectivity index (χ4v) is 2.09. The molecule has 0 radical (unpaired) electrons. The van der Waals surface area contributed by atoms with Gasteiger partial charge in [-0.2, -0.15) is 5.10 Å². The van der Waals surface area contributed by atoms with Crippen LogP contribution in [0.1, 0.15) is 44.6 Å². The van der Waals surface area contributed by atoms with E-state index in [1.807, 2.05) is 25.6 Å². The number of rotatable bonds is 6. The van der Waals surface area contributed by atoms with Crippen LogP contribution in [-0.4, -0.2) is 27.0 Å². The van der Waals surface area contributed by atoms with Crippen molar-refractivity contribution in [3.05, 3.63) is 17.0 Å². The summed E-state index contributed by atoms with van der Waals surface area (Å²) in [5.74, 6) is 0. The first-order valence-corrected chi connectivity index (χ1v) is 6.35. The second-order valence-electron chi connectivity index (χ2n) is 5.12. The minimum atomic E-state index is -0.666. The van der Waals surface area contributed by atoms with Gasteiger partial charge in [0.25, 0.3) is 0 Å². The molecule has 0 aromatic carbocycles. The van der Waals surface area contributed by atoms with Crippen molar-refractivity contribution in [3.63, 3.8) is 0 Å². The molecule has 0 aliphatic heterocycles. The molecule has 0 aliphatic carbocycles. The molecule has 0 saturated heterocycles. The summed E-state index contributed by atoms with van der Waals surface area (Å²) in [6.07, 6.45) is 1.94. The van der Waals surface area contributed by atoms with E-state index in [0.717, 1.165) is 25.1 Å². The van der Waals surface area contributed by atoms with Gasteiger partial charge in [-0.15, -0.1) is 0 Å². The molecule has 98 valence electrons. The predicted molar refractivity (Wildman–Crippen MR) is 70.0 cm³/mol. The van der Waals surface area contributed by atoms with Gasteiger partial charge in [0.1, 0.15) is 0 Å². The van der Waals surface area contributed by atoms with Gasteiger partial charge in [-0.25, -0.2) is 0 Å². The van der Waals surface area contributed by atoms with E-state index in [9.17, 15) is 5.11 Å². The third-order valence-corrected chi connectivity index (χ3v) is 2.89. The van der Waals surface area contributed by atoms with E-state index in [2.05, 4.69) is 24.3 Å². The Morgan fingerprint density at radius 3 is 2.41 bits per heavy atom. The Morgan fingerprint density at radius 2 is 1.94 bits per heavy atom. The van der Waals surface area contributed by atoms with Gasteiger partial charge >= 0.3 is 0 Å². The summed E-state index contributed by atoms with van der Waals surface area (Å²) in [7, 11) is 2.00. The summed E-state index contributed by atoms with van der Waals surface area (Å²) < 4.78 is 1.97. The minimum absolute atomic E-state index is 0.591. The lowest BCUT2D eigenvalue weighted by atomic mass is 10.1. The van der Waals surface area contributed by atoms with Crippen molar-refractivity contribution in [1.29, 1.82) is 0 Å². The van der Waals surface area contributed by atoms with E-state index < -0.39 is 5.60 Å². The predicted octanol–water partition coefficient (Wildman–Crippen LogP) is 1.41. The molecule has 0 amide bonds. The van der Waals surface area contributed by atoms with Gasteiger partial charge in [-0.05, 0) is 26.7 Å². The number of nitrogens with one attached hydrogen (secondary N) is 1. The van der Waals surface area contributed by atoms with E-state index in [1.54, 1.807) is 0 Å². The molecule has 4 heteroatoms. The fraction of sp³-hybridized carbons (Fsp3) is 0.769. The lowest BCUT2D eigenvalue weighted by Gasteiger charge is -2.18. The maximum absolute atomic E-state index is 9.67. The van der Waals surface area contributed by atoms with Crippen molar-refractivity contribution in [2.45, 2.75) is 52.7 Å². The monoisotopic (exact) mass is 239 g/mol. The van der Waals surface area contributed by atoms with Gasteiger partial charge in [-0.3, -0.25) is 4.68 Å². The van der Waals surface area contributed by atoms with Crippen LogP contribution in [0, 0.1) is 0 Å². The van der Waals surface area contributed by atoms with Crippen molar-refractivity contribution in [1.82, 2.24) is 15.1 Å². The molecule has 0 unspecified atom stereocenters. The molecule has 0 atom stereocenters. The van der Waals surface area contributed by atoms with Crippen LogP contribution in [0.25, 0.3) is 0 Å². The molecule has 0 spiro atoms. The van der Waals surface area contributed by atoms with Crippen molar-refractivity contribution < 1.29 is 5.11 Å². The zero-order valence-corrected chi connectivity index (χ0v) is 11.7. The van der Waals surface area contributed by atoms with Crippen LogP contribution in [0.2, 0.25) is 0 Å². The van der Waals surface area contributed by atoms with Crippen LogP contribution in [0.15, 0.2) is 0 Å². The summed E-state index contributed by atoms with van der Waals surface area (Å²) in [5.41, 5.74) is 3.07. The number of hydrogen-bond donors (Lipinski definition) is 2. The van der Waals surface area contributed by atoms with Gasteiger partial charge < -0.3 is 10.4 Å². The summed E-state index contributed by atoms with van der Waals surface area (Å²) in [6, 6.07) is 0. The third kappa shape index (κ3) is 3.82. The molecule has 17 heavy (non-hydrogen) atoms. The highest BCUT2D eigenvalue weighted by atomic mass is 16.3. The Morgan fingerprint density at radius 1 is 1.29 bits per heavy atom. The maximum atomic E-state index is 9.67. The second-order valence-corrected chi connectivity index (χ2v) is 5.12. The first kappa shape index (κ1) is 14.2. The molecular formula is C13H25N3O. The molecule has 4 nitrogen and oxygen atoms in total. The van der Waals surface area contributed by atoms with Crippen LogP contribution in [0.4, 0.5) is 0 Å². The number of hydrogen-bond acceptors (Lipinski definition) is 3. The standard InChI is InChI=1S/C13H25N3O/c1-6-11-10(8-14-9-13(3,4)17)12(7-2)16(5)15-11/h14,17H,6-9H2,1-5H3. The Bertz CT molecular complexity index is 363. The van der Waals surface area contributed by atoms with E-state index >= 15 is 0 Å². The number of aliphatic hydroxyl groups is 1. The molecule has 0 saturated carbocycles. The maximum Gasteiger partial charge on any atom is 0.0715 e. The fourth-order valence-electron chi connectivity index (χ4n) is 2.09. The Hall–Kier alpha value is -0.870. The Labute approximate surface area is 104 Å². The van der Waals surface area contributed by atoms with Crippen molar-refractivity contribution in [3.8, 4) is 0 Å². The molecule has 0 bridgehead atoms. The molecule has 0 aliphatic rings. The summed E-state index contributed by atoms with van der Waals surface area (Å²) in [6.45, 7) is 9.27. The normalized spacial score (nSPS) is 12.1.